The molecule has 0 radical (unpaired) electrons. The van der Waals surface area contributed by atoms with Gasteiger partial charge in [-0.3, -0.25) is 0 Å². The molecule has 84 valence electrons. The molecule has 16 heavy (non-hydrogen) atoms. The highest BCUT2D eigenvalue weighted by atomic mass is 16.5. The molecule has 0 spiro atoms. The first-order valence-corrected chi connectivity index (χ1v) is 5.27. The van der Waals surface area contributed by atoms with Gasteiger partial charge in [0.05, 0.1) is 0 Å². The number of nitrogens with two attached hydrogens (primary N) is 2. The van der Waals surface area contributed by atoms with Gasteiger partial charge >= 0.3 is 0 Å². The van der Waals surface area contributed by atoms with Crippen molar-refractivity contribution in [2.24, 2.45) is 5.73 Å². The van der Waals surface area contributed by atoms with E-state index in [-0.39, 0.29) is 5.60 Å². The van der Waals surface area contributed by atoms with Crippen LogP contribution in [-0.4, -0.2) is 5.60 Å². The predicted octanol–water partition coefficient (Wildman–Crippen LogP) is 2.21. The summed E-state index contributed by atoms with van der Waals surface area (Å²) in [6, 6.07) is 7.38. The van der Waals surface area contributed by atoms with Crippen molar-refractivity contribution in [3.63, 3.8) is 0 Å². The number of hydrogen-bond donors (Lipinski definition) is 2. The molecular formula is C13H16N2O. The zero-order chi connectivity index (χ0) is 11.6. The molecule has 0 heterocycles. The summed E-state index contributed by atoms with van der Waals surface area (Å²) in [4.78, 5) is 0. The minimum atomic E-state index is -0.366. The van der Waals surface area contributed by atoms with E-state index >= 15 is 0 Å². The van der Waals surface area contributed by atoms with Gasteiger partial charge in [0, 0.05) is 17.8 Å². The van der Waals surface area contributed by atoms with Crippen molar-refractivity contribution in [3.05, 3.63) is 48.2 Å². The SMILES string of the molecule is CC1(Oc2ccc(N)cc2)C=C(N)C=CC1. The molecule has 1 aromatic rings. The minimum absolute atomic E-state index is 0.366. The second-order valence-corrected chi connectivity index (χ2v) is 4.23. The molecule has 0 saturated carbocycles. The minimum Gasteiger partial charge on any atom is -0.483 e. The fraction of sp³-hybridized carbons (Fsp3) is 0.231. The van der Waals surface area contributed by atoms with Crippen LogP contribution in [0.1, 0.15) is 13.3 Å². The van der Waals surface area contributed by atoms with Crippen LogP contribution in [0.15, 0.2) is 48.2 Å². The number of ether oxygens (including phenoxy) is 1. The lowest BCUT2D eigenvalue weighted by Crippen LogP contribution is -2.32. The van der Waals surface area contributed by atoms with E-state index in [1.807, 2.05) is 49.4 Å². The summed E-state index contributed by atoms with van der Waals surface area (Å²) < 4.78 is 5.90. The van der Waals surface area contributed by atoms with Crippen molar-refractivity contribution in [1.82, 2.24) is 0 Å². The van der Waals surface area contributed by atoms with Crippen LogP contribution in [0.4, 0.5) is 5.69 Å². The van der Waals surface area contributed by atoms with Gasteiger partial charge in [0.2, 0.25) is 0 Å². The zero-order valence-electron chi connectivity index (χ0n) is 9.31. The van der Waals surface area contributed by atoms with Crippen molar-refractivity contribution in [2.75, 3.05) is 5.73 Å². The van der Waals surface area contributed by atoms with E-state index < -0.39 is 0 Å². The lowest BCUT2D eigenvalue weighted by molar-refractivity contribution is 0.142. The van der Waals surface area contributed by atoms with Crippen LogP contribution < -0.4 is 16.2 Å². The Labute approximate surface area is 95.4 Å². The molecule has 1 aliphatic rings. The van der Waals surface area contributed by atoms with Crippen LogP contribution in [0.2, 0.25) is 0 Å². The number of allylic oxidation sites excluding steroid dienone is 1. The van der Waals surface area contributed by atoms with E-state index in [1.54, 1.807) is 0 Å². The maximum atomic E-state index is 5.90. The molecule has 1 atom stereocenters. The second kappa shape index (κ2) is 3.93. The Kier molecular flexibility index (Phi) is 2.60. The van der Waals surface area contributed by atoms with Crippen molar-refractivity contribution in [1.29, 1.82) is 0 Å². The Morgan fingerprint density at radius 1 is 1.19 bits per heavy atom. The van der Waals surface area contributed by atoms with Crippen molar-refractivity contribution < 1.29 is 4.74 Å². The smallest absolute Gasteiger partial charge is 0.130 e. The van der Waals surface area contributed by atoms with Gasteiger partial charge < -0.3 is 16.2 Å². The van der Waals surface area contributed by atoms with Gasteiger partial charge in [0.15, 0.2) is 0 Å². The van der Waals surface area contributed by atoms with Crippen molar-refractivity contribution in [2.45, 2.75) is 18.9 Å². The Morgan fingerprint density at radius 2 is 1.88 bits per heavy atom. The van der Waals surface area contributed by atoms with Crippen molar-refractivity contribution >= 4 is 5.69 Å². The Hall–Kier alpha value is -1.90. The summed E-state index contributed by atoms with van der Waals surface area (Å²) in [5.74, 6) is 0.802. The highest BCUT2D eigenvalue weighted by Crippen LogP contribution is 2.26. The maximum absolute atomic E-state index is 5.90. The van der Waals surface area contributed by atoms with Crippen LogP contribution in [0.5, 0.6) is 5.75 Å². The van der Waals surface area contributed by atoms with E-state index in [0.29, 0.717) is 0 Å². The predicted molar refractivity (Wildman–Crippen MR) is 65.9 cm³/mol. The molecule has 1 unspecified atom stereocenters. The molecule has 3 heteroatoms. The van der Waals surface area contributed by atoms with E-state index in [1.165, 1.54) is 0 Å². The number of anilines is 1. The summed E-state index contributed by atoms with van der Waals surface area (Å²) in [5, 5.41) is 0. The number of rotatable bonds is 2. The second-order valence-electron chi connectivity index (χ2n) is 4.23. The third kappa shape index (κ3) is 2.37. The molecule has 4 N–H and O–H groups in total. The largest absolute Gasteiger partial charge is 0.483 e. The van der Waals surface area contributed by atoms with Crippen LogP contribution in [-0.2, 0) is 0 Å². The van der Waals surface area contributed by atoms with Crippen LogP contribution in [0, 0.1) is 0 Å². The highest BCUT2D eigenvalue weighted by Gasteiger charge is 2.24. The molecule has 0 aromatic heterocycles. The van der Waals surface area contributed by atoms with Gasteiger partial charge in [-0.05, 0) is 43.3 Å². The topological polar surface area (TPSA) is 61.3 Å². The molecule has 1 aromatic carbocycles. The monoisotopic (exact) mass is 216 g/mol. The average Bonchev–Trinajstić information content (AvgIpc) is 2.21. The molecule has 0 saturated heterocycles. The maximum Gasteiger partial charge on any atom is 0.130 e. The number of nitrogen functional groups attached to an aromatic ring is 1. The zero-order valence-corrected chi connectivity index (χ0v) is 9.31. The summed E-state index contributed by atoms with van der Waals surface area (Å²) in [7, 11) is 0. The number of hydrogen-bond acceptors (Lipinski definition) is 3. The first kappa shape index (κ1) is 10.6. The average molecular weight is 216 g/mol. The molecule has 0 aliphatic heterocycles. The third-order valence-corrected chi connectivity index (χ3v) is 2.54. The highest BCUT2D eigenvalue weighted by molar-refractivity contribution is 5.42. The van der Waals surface area contributed by atoms with Gasteiger partial charge in [-0.2, -0.15) is 0 Å². The summed E-state index contributed by atoms with van der Waals surface area (Å²) in [5.41, 5.74) is 12.5. The Morgan fingerprint density at radius 3 is 2.50 bits per heavy atom. The molecule has 0 fully saturated rings. The van der Waals surface area contributed by atoms with Crippen LogP contribution >= 0.6 is 0 Å². The fourth-order valence-corrected chi connectivity index (χ4v) is 1.76. The molecular weight excluding hydrogens is 200 g/mol. The van der Waals surface area contributed by atoms with E-state index in [9.17, 15) is 0 Å². The first-order valence-electron chi connectivity index (χ1n) is 5.27. The van der Waals surface area contributed by atoms with E-state index in [4.69, 9.17) is 16.2 Å². The van der Waals surface area contributed by atoms with Crippen molar-refractivity contribution in [3.8, 4) is 5.75 Å². The summed E-state index contributed by atoms with van der Waals surface area (Å²) in [6.45, 7) is 2.01. The molecule has 0 bridgehead atoms. The van der Waals surface area contributed by atoms with E-state index in [2.05, 4.69) is 0 Å². The van der Waals surface area contributed by atoms with Crippen LogP contribution in [0.3, 0.4) is 0 Å². The quantitative estimate of drug-likeness (QED) is 0.745. The molecule has 0 amide bonds. The lowest BCUT2D eigenvalue weighted by atomic mass is 9.96. The van der Waals surface area contributed by atoms with Gasteiger partial charge in [-0.25, -0.2) is 0 Å². The van der Waals surface area contributed by atoms with Gasteiger partial charge in [0.25, 0.3) is 0 Å². The van der Waals surface area contributed by atoms with E-state index in [0.717, 1.165) is 23.6 Å². The standard InChI is InChI=1S/C13H16N2O/c1-13(8-2-3-11(15)9-13)16-12-6-4-10(14)5-7-12/h2-7,9H,8,14-15H2,1H3. The normalized spacial score (nSPS) is 23.9. The lowest BCUT2D eigenvalue weighted by Gasteiger charge is -2.29. The molecule has 1 aliphatic carbocycles. The van der Waals surface area contributed by atoms with Gasteiger partial charge in [-0.15, -0.1) is 0 Å². The number of benzene rings is 1. The fourth-order valence-electron chi connectivity index (χ4n) is 1.76. The summed E-state index contributed by atoms with van der Waals surface area (Å²) in [6.07, 6.45) is 6.67. The molecule has 2 rings (SSSR count). The summed E-state index contributed by atoms with van der Waals surface area (Å²) >= 11 is 0. The Balaban J connectivity index is 2.15. The Bertz CT molecular complexity index is 434. The van der Waals surface area contributed by atoms with Crippen LogP contribution in [0.25, 0.3) is 0 Å². The molecule has 3 nitrogen and oxygen atoms in total. The van der Waals surface area contributed by atoms with Gasteiger partial charge in [-0.1, -0.05) is 6.08 Å². The third-order valence-electron chi connectivity index (χ3n) is 2.54. The first-order chi connectivity index (χ1) is 7.57. The van der Waals surface area contributed by atoms with Gasteiger partial charge in [0.1, 0.15) is 11.4 Å².